The molecule has 94 valence electrons. The molecule has 1 rings (SSSR count). The van der Waals surface area contributed by atoms with Gasteiger partial charge in [0.2, 0.25) is 0 Å². The molecular formula is C11H23N3O2. The Labute approximate surface area is 97.1 Å². The van der Waals surface area contributed by atoms with Gasteiger partial charge in [-0.15, -0.1) is 0 Å². The van der Waals surface area contributed by atoms with Gasteiger partial charge in [-0.3, -0.25) is 0 Å². The molecule has 0 spiro atoms. The molecule has 5 nitrogen and oxygen atoms in total. The van der Waals surface area contributed by atoms with Crippen LogP contribution in [0.1, 0.15) is 33.1 Å². The van der Waals surface area contributed by atoms with E-state index in [9.17, 15) is 4.79 Å². The molecule has 1 atom stereocenters. The highest BCUT2D eigenvalue weighted by Gasteiger charge is 2.27. The van der Waals surface area contributed by atoms with E-state index in [0.717, 1.165) is 25.9 Å². The molecule has 0 aromatic carbocycles. The molecule has 2 amide bonds. The summed E-state index contributed by atoms with van der Waals surface area (Å²) < 4.78 is 5.20. The lowest BCUT2D eigenvalue weighted by Gasteiger charge is -2.31. The van der Waals surface area contributed by atoms with Crippen LogP contribution >= 0.6 is 0 Å². The number of carbonyl (C=O) groups is 1. The highest BCUT2D eigenvalue weighted by Crippen LogP contribution is 2.13. The van der Waals surface area contributed by atoms with E-state index in [1.165, 1.54) is 0 Å². The normalized spacial score (nSPS) is 20.8. The number of nitrogens with one attached hydrogen (secondary N) is 2. The first-order valence-corrected chi connectivity index (χ1v) is 6.02. The molecule has 1 fully saturated rings. The average Bonchev–Trinajstić information content (AvgIpc) is 2.79. The maximum absolute atomic E-state index is 11.8. The summed E-state index contributed by atoms with van der Waals surface area (Å²) in [4.78, 5) is 11.8. The molecule has 1 aliphatic rings. The van der Waals surface area contributed by atoms with Gasteiger partial charge in [0.05, 0.1) is 18.2 Å². The summed E-state index contributed by atoms with van der Waals surface area (Å²) in [6.45, 7) is 5.88. The van der Waals surface area contributed by atoms with E-state index >= 15 is 0 Å². The first-order valence-electron chi connectivity index (χ1n) is 6.02. The average molecular weight is 229 g/mol. The molecule has 1 aliphatic heterocycles. The first-order chi connectivity index (χ1) is 7.65. The van der Waals surface area contributed by atoms with Gasteiger partial charge in [-0.05, 0) is 19.3 Å². The Hall–Kier alpha value is -0.810. The second-order valence-corrected chi connectivity index (χ2v) is 4.35. The minimum Gasteiger partial charge on any atom is -0.379 e. The van der Waals surface area contributed by atoms with E-state index in [1.54, 1.807) is 0 Å². The summed E-state index contributed by atoms with van der Waals surface area (Å²) >= 11 is 0. The Kier molecular flexibility index (Phi) is 5.02. The minimum absolute atomic E-state index is 0.135. The summed E-state index contributed by atoms with van der Waals surface area (Å²) in [7, 11) is 0. The largest absolute Gasteiger partial charge is 0.379 e. The van der Waals surface area contributed by atoms with Gasteiger partial charge in [0, 0.05) is 13.2 Å². The topological polar surface area (TPSA) is 76.4 Å². The van der Waals surface area contributed by atoms with E-state index in [-0.39, 0.29) is 17.6 Å². The maximum Gasteiger partial charge on any atom is 0.315 e. The lowest BCUT2D eigenvalue weighted by Crippen LogP contribution is -2.57. The van der Waals surface area contributed by atoms with Crippen molar-refractivity contribution in [3.8, 4) is 0 Å². The molecular weight excluding hydrogens is 206 g/mol. The Morgan fingerprint density at radius 2 is 2.19 bits per heavy atom. The molecule has 4 N–H and O–H groups in total. The summed E-state index contributed by atoms with van der Waals surface area (Å²) in [6, 6.07) is 0.00818. The van der Waals surface area contributed by atoms with Crippen molar-refractivity contribution in [3.05, 3.63) is 0 Å². The van der Waals surface area contributed by atoms with Crippen LogP contribution in [0, 0.1) is 0 Å². The van der Waals surface area contributed by atoms with E-state index in [4.69, 9.17) is 10.5 Å². The van der Waals surface area contributed by atoms with Gasteiger partial charge in [-0.2, -0.15) is 0 Å². The minimum atomic E-state index is -0.274. The Morgan fingerprint density at radius 1 is 1.50 bits per heavy atom. The van der Waals surface area contributed by atoms with Crippen LogP contribution in [0.3, 0.4) is 0 Å². The third kappa shape index (κ3) is 3.35. The molecule has 5 heteroatoms. The maximum atomic E-state index is 11.8. The molecule has 0 saturated carbocycles. The molecule has 1 saturated heterocycles. The van der Waals surface area contributed by atoms with E-state index in [2.05, 4.69) is 10.6 Å². The zero-order valence-electron chi connectivity index (χ0n) is 10.2. The van der Waals surface area contributed by atoms with Crippen molar-refractivity contribution in [2.75, 3.05) is 19.8 Å². The number of nitrogens with two attached hydrogens (primary N) is 1. The van der Waals surface area contributed by atoms with Gasteiger partial charge in [0.15, 0.2) is 0 Å². The van der Waals surface area contributed by atoms with E-state index in [0.29, 0.717) is 13.2 Å². The first kappa shape index (κ1) is 13.3. The van der Waals surface area contributed by atoms with Crippen molar-refractivity contribution in [2.24, 2.45) is 5.73 Å². The van der Waals surface area contributed by atoms with Gasteiger partial charge < -0.3 is 21.1 Å². The van der Waals surface area contributed by atoms with Crippen LogP contribution in [0.15, 0.2) is 0 Å². The Balaban J connectivity index is 2.41. The van der Waals surface area contributed by atoms with Crippen molar-refractivity contribution < 1.29 is 9.53 Å². The summed E-state index contributed by atoms with van der Waals surface area (Å²) in [5, 5.41) is 5.88. The van der Waals surface area contributed by atoms with Crippen LogP contribution in [-0.2, 0) is 4.74 Å². The third-order valence-electron chi connectivity index (χ3n) is 3.39. The standard InChI is InChI=1S/C11H23N3O2/c1-3-11(4-2,8-12)14-10(15)13-9-5-6-16-7-9/h9H,3-8,12H2,1-2H3,(H2,13,14,15). The molecule has 1 heterocycles. The number of ether oxygens (including phenoxy) is 1. The molecule has 0 aromatic heterocycles. The van der Waals surface area contributed by atoms with Gasteiger partial charge >= 0.3 is 6.03 Å². The zero-order chi connectivity index (χ0) is 12.0. The fourth-order valence-corrected chi connectivity index (χ4v) is 1.88. The van der Waals surface area contributed by atoms with Crippen molar-refractivity contribution >= 4 is 6.03 Å². The summed E-state index contributed by atoms with van der Waals surface area (Å²) in [6.07, 6.45) is 2.57. The molecule has 1 unspecified atom stereocenters. The summed E-state index contributed by atoms with van der Waals surface area (Å²) in [5.41, 5.74) is 5.44. The predicted octanol–water partition coefficient (Wildman–Crippen LogP) is 0.592. The van der Waals surface area contributed by atoms with Crippen LogP contribution in [0.25, 0.3) is 0 Å². The molecule has 0 aromatic rings. The monoisotopic (exact) mass is 229 g/mol. The number of hydrogen-bond acceptors (Lipinski definition) is 3. The highest BCUT2D eigenvalue weighted by atomic mass is 16.5. The second-order valence-electron chi connectivity index (χ2n) is 4.35. The quantitative estimate of drug-likeness (QED) is 0.646. The van der Waals surface area contributed by atoms with Crippen LogP contribution in [0.5, 0.6) is 0 Å². The predicted molar refractivity (Wildman–Crippen MR) is 63.3 cm³/mol. The van der Waals surface area contributed by atoms with Crippen LogP contribution in [0.4, 0.5) is 4.79 Å². The smallest absolute Gasteiger partial charge is 0.315 e. The number of urea groups is 1. The van der Waals surface area contributed by atoms with E-state index in [1.807, 2.05) is 13.8 Å². The Morgan fingerprint density at radius 3 is 2.62 bits per heavy atom. The molecule has 0 aliphatic carbocycles. The molecule has 0 bridgehead atoms. The fourth-order valence-electron chi connectivity index (χ4n) is 1.88. The van der Waals surface area contributed by atoms with E-state index < -0.39 is 0 Å². The SMILES string of the molecule is CCC(CC)(CN)NC(=O)NC1CCOC1. The zero-order valence-corrected chi connectivity index (χ0v) is 10.2. The van der Waals surface area contributed by atoms with Crippen molar-refractivity contribution in [1.29, 1.82) is 0 Å². The lowest BCUT2D eigenvalue weighted by molar-refractivity contribution is 0.186. The summed E-state index contributed by atoms with van der Waals surface area (Å²) in [5.74, 6) is 0. The lowest BCUT2D eigenvalue weighted by atomic mass is 9.93. The molecule has 16 heavy (non-hydrogen) atoms. The van der Waals surface area contributed by atoms with Gasteiger partial charge in [-0.1, -0.05) is 13.8 Å². The Bertz CT molecular complexity index is 215. The van der Waals surface area contributed by atoms with Crippen molar-refractivity contribution in [1.82, 2.24) is 10.6 Å². The highest BCUT2D eigenvalue weighted by molar-refractivity contribution is 5.75. The van der Waals surface area contributed by atoms with Crippen LogP contribution in [-0.4, -0.2) is 37.4 Å². The van der Waals surface area contributed by atoms with Crippen molar-refractivity contribution in [3.63, 3.8) is 0 Å². The van der Waals surface area contributed by atoms with Gasteiger partial charge in [0.25, 0.3) is 0 Å². The number of rotatable bonds is 5. The number of amides is 2. The van der Waals surface area contributed by atoms with Crippen molar-refractivity contribution in [2.45, 2.75) is 44.7 Å². The molecule has 0 radical (unpaired) electrons. The van der Waals surface area contributed by atoms with Crippen LogP contribution in [0.2, 0.25) is 0 Å². The van der Waals surface area contributed by atoms with Gasteiger partial charge in [-0.25, -0.2) is 4.79 Å². The third-order valence-corrected chi connectivity index (χ3v) is 3.39. The number of carbonyl (C=O) groups excluding carboxylic acids is 1. The number of hydrogen-bond donors (Lipinski definition) is 3. The van der Waals surface area contributed by atoms with Crippen LogP contribution < -0.4 is 16.4 Å². The van der Waals surface area contributed by atoms with Gasteiger partial charge in [0.1, 0.15) is 0 Å². The second kappa shape index (κ2) is 6.06. The fraction of sp³-hybridized carbons (Fsp3) is 0.909.